The van der Waals surface area contributed by atoms with Gasteiger partial charge in [-0.3, -0.25) is 9.59 Å². The zero-order valence-corrected chi connectivity index (χ0v) is 12.2. The maximum atomic E-state index is 12.2. The average molecular weight is 298 g/mol. The Morgan fingerprint density at radius 3 is 2.65 bits per heavy atom. The normalized spacial score (nSPS) is 20.4. The van der Waals surface area contributed by atoms with Crippen molar-refractivity contribution in [3.63, 3.8) is 0 Å². The SMILES string of the molecule is C[C@H](N)C(=O)N1CCNC(=O)CC1c1ccccc1.Cl. The van der Waals surface area contributed by atoms with Crippen LogP contribution in [0, 0.1) is 0 Å². The predicted octanol–water partition coefficient (Wildman–Crippen LogP) is 0.845. The summed E-state index contributed by atoms with van der Waals surface area (Å²) in [5.41, 5.74) is 6.66. The van der Waals surface area contributed by atoms with Gasteiger partial charge in [0.2, 0.25) is 11.8 Å². The first kappa shape index (κ1) is 16.5. The van der Waals surface area contributed by atoms with Crippen molar-refractivity contribution < 1.29 is 9.59 Å². The third-order valence-electron chi connectivity index (χ3n) is 3.29. The summed E-state index contributed by atoms with van der Waals surface area (Å²) in [7, 11) is 0. The van der Waals surface area contributed by atoms with Gasteiger partial charge in [-0.25, -0.2) is 0 Å². The molecule has 0 radical (unpaired) electrons. The van der Waals surface area contributed by atoms with Gasteiger partial charge in [-0.2, -0.15) is 0 Å². The van der Waals surface area contributed by atoms with Crippen molar-refractivity contribution in [1.82, 2.24) is 10.2 Å². The molecule has 0 aliphatic carbocycles. The van der Waals surface area contributed by atoms with Crippen LogP contribution in [-0.2, 0) is 9.59 Å². The molecular weight excluding hydrogens is 278 g/mol. The molecule has 1 unspecified atom stereocenters. The smallest absolute Gasteiger partial charge is 0.239 e. The van der Waals surface area contributed by atoms with Crippen LogP contribution in [0.25, 0.3) is 0 Å². The number of carbonyl (C=O) groups is 2. The van der Waals surface area contributed by atoms with E-state index >= 15 is 0 Å². The number of nitrogens with one attached hydrogen (secondary N) is 1. The Morgan fingerprint density at radius 2 is 2.05 bits per heavy atom. The molecule has 0 aromatic heterocycles. The van der Waals surface area contributed by atoms with Crippen LogP contribution < -0.4 is 11.1 Å². The van der Waals surface area contributed by atoms with Crippen molar-refractivity contribution in [3.05, 3.63) is 35.9 Å². The third kappa shape index (κ3) is 3.71. The van der Waals surface area contributed by atoms with Gasteiger partial charge in [-0.15, -0.1) is 12.4 Å². The van der Waals surface area contributed by atoms with E-state index in [-0.39, 0.29) is 36.7 Å². The topological polar surface area (TPSA) is 75.4 Å². The van der Waals surface area contributed by atoms with Crippen LogP contribution in [0.2, 0.25) is 0 Å². The van der Waals surface area contributed by atoms with Crippen LogP contribution >= 0.6 is 12.4 Å². The van der Waals surface area contributed by atoms with Gasteiger partial charge in [-0.05, 0) is 12.5 Å². The van der Waals surface area contributed by atoms with Crippen molar-refractivity contribution in [1.29, 1.82) is 0 Å². The number of hydrogen-bond acceptors (Lipinski definition) is 3. The summed E-state index contributed by atoms with van der Waals surface area (Å²) in [5.74, 6) is -0.154. The van der Waals surface area contributed by atoms with E-state index < -0.39 is 6.04 Å². The molecule has 1 heterocycles. The number of amides is 2. The number of nitrogens with two attached hydrogens (primary N) is 1. The molecule has 1 fully saturated rings. The van der Waals surface area contributed by atoms with Gasteiger partial charge in [0.05, 0.1) is 18.5 Å². The lowest BCUT2D eigenvalue weighted by Crippen LogP contribution is -2.44. The van der Waals surface area contributed by atoms with Crippen molar-refractivity contribution in [2.75, 3.05) is 13.1 Å². The second-order valence-electron chi connectivity index (χ2n) is 4.80. The van der Waals surface area contributed by atoms with Crippen molar-refractivity contribution >= 4 is 24.2 Å². The fraction of sp³-hybridized carbons (Fsp3) is 0.429. The molecule has 5 nitrogen and oxygen atoms in total. The highest BCUT2D eigenvalue weighted by atomic mass is 35.5. The lowest BCUT2D eigenvalue weighted by Gasteiger charge is -2.30. The molecule has 2 amide bonds. The molecule has 3 N–H and O–H groups in total. The highest BCUT2D eigenvalue weighted by Gasteiger charge is 2.30. The molecule has 2 rings (SSSR count). The molecule has 1 aliphatic heterocycles. The zero-order chi connectivity index (χ0) is 13.8. The predicted molar refractivity (Wildman–Crippen MR) is 79.4 cm³/mol. The minimum Gasteiger partial charge on any atom is -0.354 e. The third-order valence-corrected chi connectivity index (χ3v) is 3.29. The van der Waals surface area contributed by atoms with E-state index in [0.29, 0.717) is 13.1 Å². The van der Waals surface area contributed by atoms with Gasteiger partial charge in [0, 0.05) is 13.1 Å². The van der Waals surface area contributed by atoms with Crippen LogP contribution in [0.3, 0.4) is 0 Å². The van der Waals surface area contributed by atoms with Crippen LogP contribution in [0.5, 0.6) is 0 Å². The Morgan fingerprint density at radius 1 is 1.40 bits per heavy atom. The maximum absolute atomic E-state index is 12.2. The molecule has 1 saturated heterocycles. The number of halogens is 1. The van der Waals surface area contributed by atoms with Gasteiger partial charge in [0.1, 0.15) is 0 Å². The second-order valence-corrected chi connectivity index (χ2v) is 4.80. The first-order valence-electron chi connectivity index (χ1n) is 6.47. The fourth-order valence-electron chi connectivity index (χ4n) is 2.33. The first-order chi connectivity index (χ1) is 9.09. The average Bonchev–Trinajstić information content (AvgIpc) is 2.60. The molecular formula is C14H20ClN3O2. The fourth-order valence-corrected chi connectivity index (χ4v) is 2.33. The molecule has 110 valence electrons. The van der Waals surface area contributed by atoms with Gasteiger partial charge >= 0.3 is 0 Å². The largest absolute Gasteiger partial charge is 0.354 e. The zero-order valence-electron chi connectivity index (χ0n) is 11.4. The molecule has 20 heavy (non-hydrogen) atoms. The quantitative estimate of drug-likeness (QED) is 0.849. The number of hydrogen-bond donors (Lipinski definition) is 2. The van der Waals surface area contributed by atoms with Crippen LogP contribution in [0.1, 0.15) is 24.9 Å². The molecule has 0 bridgehead atoms. The van der Waals surface area contributed by atoms with E-state index in [1.54, 1.807) is 11.8 Å². The van der Waals surface area contributed by atoms with E-state index in [1.807, 2.05) is 30.3 Å². The molecule has 2 atom stereocenters. The molecule has 0 saturated carbocycles. The van der Waals surface area contributed by atoms with Gasteiger partial charge in [0.25, 0.3) is 0 Å². The monoisotopic (exact) mass is 297 g/mol. The van der Waals surface area contributed by atoms with Crippen LogP contribution in [0.4, 0.5) is 0 Å². The van der Waals surface area contributed by atoms with E-state index in [4.69, 9.17) is 5.73 Å². The number of nitrogens with zero attached hydrogens (tertiary/aromatic N) is 1. The Balaban J connectivity index is 0.00000200. The molecule has 1 aromatic rings. The Hall–Kier alpha value is -1.59. The summed E-state index contributed by atoms with van der Waals surface area (Å²) in [4.78, 5) is 25.6. The highest BCUT2D eigenvalue weighted by Crippen LogP contribution is 2.26. The van der Waals surface area contributed by atoms with Gasteiger partial charge in [0.15, 0.2) is 0 Å². The minimum atomic E-state index is -0.556. The Kier molecular flexibility index (Phi) is 5.98. The summed E-state index contributed by atoms with van der Waals surface area (Å²) >= 11 is 0. The molecule has 0 spiro atoms. The standard InChI is InChI=1S/C14H19N3O2.ClH/c1-10(15)14(19)17-8-7-16-13(18)9-12(17)11-5-3-2-4-6-11;/h2-6,10,12H,7-9,15H2,1H3,(H,16,18);1H/t10-,12?;/m0./s1. The lowest BCUT2D eigenvalue weighted by atomic mass is 10.0. The molecule has 1 aromatic carbocycles. The van der Waals surface area contributed by atoms with Crippen LogP contribution in [0.15, 0.2) is 30.3 Å². The summed E-state index contributed by atoms with van der Waals surface area (Å²) in [6, 6.07) is 8.81. The maximum Gasteiger partial charge on any atom is 0.239 e. The summed E-state index contributed by atoms with van der Waals surface area (Å²) < 4.78 is 0. The summed E-state index contributed by atoms with van der Waals surface area (Å²) in [6.07, 6.45) is 0.280. The Labute approximate surface area is 124 Å². The van der Waals surface area contributed by atoms with Crippen LogP contribution in [-0.4, -0.2) is 35.8 Å². The highest BCUT2D eigenvalue weighted by molar-refractivity contribution is 5.85. The van der Waals surface area contributed by atoms with Crippen molar-refractivity contribution in [3.8, 4) is 0 Å². The molecule has 6 heteroatoms. The van der Waals surface area contributed by atoms with Gasteiger partial charge in [-0.1, -0.05) is 30.3 Å². The number of carbonyl (C=O) groups excluding carboxylic acids is 2. The first-order valence-corrected chi connectivity index (χ1v) is 6.47. The second kappa shape index (κ2) is 7.26. The van der Waals surface area contributed by atoms with Crippen molar-refractivity contribution in [2.45, 2.75) is 25.4 Å². The number of rotatable bonds is 2. The summed E-state index contributed by atoms with van der Waals surface area (Å²) in [6.45, 7) is 2.64. The van der Waals surface area contributed by atoms with E-state index in [9.17, 15) is 9.59 Å². The van der Waals surface area contributed by atoms with E-state index in [0.717, 1.165) is 5.56 Å². The lowest BCUT2D eigenvalue weighted by molar-refractivity contribution is -0.134. The van der Waals surface area contributed by atoms with E-state index in [1.165, 1.54) is 0 Å². The number of benzene rings is 1. The van der Waals surface area contributed by atoms with E-state index in [2.05, 4.69) is 5.32 Å². The van der Waals surface area contributed by atoms with Gasteiger partial charge < -0.3 is 16.0 Å². The van der Waals surface area contributed by atoms with Crippen molar-refractivity contribution in [2.24, 2.45) is 5.73 Å². The summed E-state index contributed by atoms with van der Waals surface area (Å²) in [5, 5.41) is 2.79. The molecule has 1 aliphatic rings. The minimum absolute atomic E-state index is 0. The Bertz CT molecular complexity index is 465.